The zero-order valence-corrected chi connectivity index (χ0v) is 28.1. The second-order valence-corrected chi connectivity index (χ2v) is 10.2. The van der Waals surface area contributed by atoms with Gasteiger partial charge in [-0.3, -0.25) is 14.8 Å². The minimum atomic E-state index is -0.600. The fraction of sp³-hybridized carbons (Fsp3) is 0.452. The van der Waals surface area contributed by atoms with Crippen LogP contribution in [0.4, 0.5) is 8.78 Å². The van der Waals surface area contributed by atoms with Crippen LogP contribution in [0, 0.1) is 18.6 Å². The van der Waals surface area contributed by atoms with Gasteiger partial charge in [0, 0.05) is 45.2 Å². The van der Waals surface area contributed by atoms with E-state index in [9.17, 15) is 4.39 Å². The molecule has 222 valence electrons. The molecule has 0 spiro atoms. The number of carbonyl (C=O) groups is 1. The first-order valence-electron chi connectivity index (χ1n) is 13.7. The summed E-state index contributed by atoms with van der Waals surface area (Å²) in [6.07, 6.45) is 4.73. The maximum Gasteiger partial charge on any atom is 0.204 e. The lowest BCUT2D eigenvalue weighted by atomic mass is 9.87. The van der Waals surface area contributed by atoms with Gasteiger partial charge >= 0.3 is 0 Å². The summed E-state index contributed by atoms with van der Waals surface area (Å²) in [7, 11) is 1.27. The van der Waals surface area contributed by atoms with Crippen molar-refractivity contribution < 1.29 is 17.8 Å². The molecule has 2 heterocycles. The number of hydrogen-bond donors (Lipinski definition) is 1. The Morgan fingerprint density at radius 2 is 1.70 bits per heavy atom. The van der Waals surface area contributed by atoms with E-state index in [1.54, 1.807) is 12.3 Å². The molecule has 5 nitrogen and oxygen atoms in total. The highest BCUT2D eigenvalue weighted by atomic mass is 127. The Kier molecular flexibility index (Phi) is 19.6. The molecule has 3 aromatic rings. The number of rotatable bonds is 9. The lowest BCUT2D eigenvalue weighted by molar-refractivity contribution is -0.106. The van der Waals surface area contributed by atoms with Gasteiger partial charge in [-0.15, -0.1) is 0 Å². The molecule has 0 aliphatic heterocycles. The van der Waals surface area contributed by atoms with E-state index < -0.39 is 11.6 Å². The van der Waals surface area contributed by atoms with Crippen molar-refractivity contribution in [3.8, 4) is 11.3 Å². The molecule has 0 saturated heterocycles. The zero-order chi connectivity index (χ0) is 30.8. The van der Waals surface area contributed by atoms with E-state index >= 15 is 4.39 Å². The van der Waals surface area contributed by atoms with Gasteiger partial charge in [-0.1, -0.05) is 61.5 Å². The number of halogens is 3. The molecular weight excluding hydrogens is 643 g/mol. The topological polar surface area (TPSA) is 78.1 Å². The summed E-state index contributed by atoms with van der Waals surface area (Å²) in [5.41, 5.74) is 9.33. The molecule has 2 N–H and O–H groups in total. The number of pyridine rings is 2. The van der Waals surface area contributed by atoms with Crippen LogP contribution >= 0.6 is 30.4 Å². The molecule has 1 amide bonds. The minimum absolute atomic E-state index is 0.0703. The van der Waals surface area contributed by atoms with Crippen LogP contribution in [0.2, 0.25) is 0 Å². The van der Waals surface area contributed by atoms with Gasteiger partial charge in [-0.05, 0) is 65.6 Å². The van der Waals surface area contributed by atoms with Crippen molar-refractivity contribution >= 4 is 36.8 Å². The first-order valence-corrected chi connectivity index (χ1v) is 16.9. The Bertz CT molecular complexity index is 1150. The van der Waals surface area contributed by atoms with E-state index in [2.05, 4.69) is 51.8 Å². The molecule has 2 aromatic heterocycles. The molecule has 9 heteroatoms. The molecule has 2 atom stereocenters. The van der Waals surface area contributed by atoms with Gasteiger partial charge in [0.15, 0.2) is 0 Å². The van der Waals surface area contributed by atoms with Crippen LogP contribution in [0.25, 0.3) is 11.3 Å². The average molecular weight is 688 g/mol. The summed E-state index contributed by atoms with van der Waals surface area (Å²) in [5.74, 6) is -1.11. The normalized spacial score (nSPS) is 11.6. The van der Waals surface area contributed by atoms with Crippen molar-refractivity contribution in [1.29, 1.82) is 0 Å². The Balaban J connectivity index is 0.00000199. The van der Waals surface area contributed by atoms with Gasteiger partial charge in [0.05, 0.1) is 33.1 Å². The molecule has 1 aromatic carbocycles. The molecular formula is C31H44F2IN3O2S. The summed E-state index contributed by atoms with van der Waals surface area (Å²) >= 11 is 2.09. The summed E-state index contributed by atoms with van der Waals surface area (Å²) < 4.78 is 35.3. The standard InChI is InChI=1S/C26H29F2IN2OS.2C2H6.CH3NO/c1-6-16(4)20-11-25(22(14-32-33-29)18-8-7-9-30-13-18)31-26(17(20)5)21-10-19(15(2)3)23(27)12-24(21)28;2*1-2;2-1-3/h7-13,15-16,22H,6,14H2,1-5H3;2*1-2H3;1H,(H2,2,3). The SMILES string of the molecule is CC.CC.CCC(C)c1cc(C(COSI)c2cccnc2)nc(-c2cc(C(C)C)c(F)cc2F)c1C.NC=O. The molecule has 2 unspecified atom stereocenters. The Hall–Kier alpha value is -2.11. The number of amides is 1. The third-order valence-corrected chi connectivity index (χ3v) is 7.15. The fourth-order valence-electron chi connectivity index (χ4n) is 4.04. The molecule has 40 heavy (non-hydrogen) atoms. The van der Waals surface area contributed by atoms with Crippen LogP contribution < -0.4 is 5.73 Å². The smallest absolute Gasteiger partial charge is 0.204 e. The lowest BCUT2D eigenvalue weighted by Crippen LogP contribution is -2.13. The zero-order valence-electron chi connectivity index (χ0n) is 25.1. The van der Waals surface area contributed by atoms with Crippen LogP contribution in [0.1, 0.15) is 108 Å². The lowest BCUT2D eigenvalue weighted by Gasteiger charge is -2.23. The largest absolute Gasteiger partial charge is 0.372 e. The molecule has 3 rings (SSSR count). The van der Waals surface area contributed by atoms with E-state index in [0.717, 1.165) is 34.9 Å². The first kappa shape index (κ1) is 37.9. The number of hydrogen-bond acceptors (Lipinski definition) is 5. The molecule has 0 fully saturated rings. The van der Waals surface area contributed by atoms with Crippen LogP contribution in [0.5, 0.6) is 0 Å². The van der Waals surface area contributed by atoms with E-state index in [1.165, 1.54) is 9.21 Å². The predicted molar refractivity (Wildman–Crippen MR) is 174 cm³/mol. The van der Waals surface area contributed by atoms with Gasteiger partial charge < -0.3 is 9.92 Å². The van der Waals surface area contributed by atoms with Crippen molar-refractivity contribution in [3.05, 3.63) is 82.3 Å². The van der Waals surface area contributed by atoms with Gasteiger partial charge in [0.25, 0.3) is 0 Å². The summed E-state index contributed by atoms with van der Waals surface area (Å²) in [5, 5.41) is 0. The maximum atomic E-state index is 15.1. The molecule has 0 saturated carbocycles. The maximum absolute atomic E-state index is 15.1. The number of primary amides is 1. The monoisotopic (exact) mass is 687 g/mol. The Morgan fingerprint density at radius 1 is 1.07 bits per heavy atom. The number of nitrogens with two attached hydrogens (primary N) is 1. The van der Waals surface area contributed by atoms with Crippen molar-refractivity contribution in [1.82, 2.24) is 9.97 Å². The molecule has 0 radical (unpaired) electrons. The van der Waals surface area contributed by atoms with Crippen LogP contribution in [-0.4, -0.2) is 23.0 Å². The molecule has 0 aliphatic rings. The highest BCUT2D eigenvalue weighted by molar-refractivity contribution is 14.2. The summed E-state index contributed by atoms with van der Waals surface area (Å²) in [4.78, 5) is 17.8. The van der Waals surface area contributed by atoms with Gasteiger partial charge in [0.2, 0.25) is 6.41 Å². The quantitative estimate of drug-likeness (QED) is 0.138. The van der Waals surface area contributed by atoms with E-state index in [0.29, 0.717) is 23.4 Å². The van der Waals surface area contributed by atoms with Gasteiger partial charge in [-0.25, -0.2) is 8.78 Å². The van der Waals surface area contributed by atoms with Crippen LogP contribution in [0.3, 0.4) is 0 Å². The number of benzene rings is 1. The van der Waals surface area contributed by atoms with Crippen LogP contribution in [0.15, 0.2) is 42.7 Å². The predicted octanol–water partition coefficient (Wildman–Crippen LogP) is 9.67. The third kappa shape index (κ3) is 10.7. The number of aromatic nitrogens is 2. The van der Waals surface area contributed by atoms with E-state index in [-0.39, 0.29) is 24.2 Å². The third-order valence-electron chi connectivity index (χ3n) is 6.16. The van der Waals surface area contributed by atoms with E-state index in [4.69, 9.17) is 14.0 Å². The van der Waals surface area contributed by atoms with Crippen molar-refractivity contribution in [2.45, 2.75) is 86.5 Å². The van der Waals surface area contributed by atoms with Crippen molar-refractivity contribution in [2.75, 3.05) is 6.61 Å². The highest BCUT2D eigenvalue weighted by Crippen LogP contribution is 2.37. The average Bonchev–Trinajstić information content (AvgIpc) is 2.96. The van der Waals surface area contributed by atoms with Crippen molar-refractivity contribution in [3.63, 3.8) is 0 Å². The Morgan fingerprint density at radius 3 is 2.20 bits per heavy atom. The van der Waals surface area contributed by atoms with Crippen molar-refractivity contribution in [2.24, 2.45) is 5.73 Å². The van der Waals surface area contributed by atoms with Gasteiger partial charge in [-0.2, -0.15) is 0 Å². The second kappa shape index (κ2) is 20.7. The molecule has 0 aliphatic carbocycles. The number of nitrogens with zero attached hydrogens (tertiary/aromatic N) is 2. The van der Waals surface area contributed by atoms with Crippen LogP contribution in [-0.2, 0) is 8.98 Å². The Labute approximate surface area is 255 Å². The summed E-state index contributed by atoms with van der Waals surface area (Å²) in [6.45, 7) is 18.5. The second-order valence-electron chi connectivity index (χ2n) is 8.75. The molecule has 0 bridgehead atoms. The first-order chi connectivity index (χ1) is 19.2. The van der Waals surface area contributed by atoms with Gasteiger partial charge in [0.1, 0.15) is 11.6 Å². The fourth-order valence-corrected chi connectivity index (χ4v) is 4.67. The summed E-state index contributed by atoms with van der Waals surface area (Å²) in [6, 6.07) is 8.59. The minimum Gasteiger partial charge on any atom is -0.372 e. The number of carbonyl (C=O) groups excluding carboxylic acids is 1. The highest BCUT2D eigenvalue weighted by Gasteiger charge is 2.24. The van der Waals surface area contributed by atoms with E-state index in [1.807, 2.05) is 66.8 Å².